The van der Waals surface area contributed by atoms with Crippen molar-refractivity contribution in [3.63, 3.8) is 0 Å². The standard InChI is InChI=1S/C11H24N2O2/c1-5-6-7-13-11(2,9-12)8-10(14-3)15-4/h5,10,13H,1,6-9,12H2,2-4H3. The van der Waals surface area contributed by atoms with Crippen molar-refractivity contribution in [1.82, 2.24) is 5.32 Å². The minimum absolute atomic E-state index is 0.153. The van der Waals surface area contributed by atoms with E-state index >= 15 is 0 Å². The first-order valence-electron chi connectivity index (χ1n) is 5.23. The number of ether oxygens (including phenoxy) is 2. The molecule has 15 heavy (non-hydrogen) atoms. The fourth-order valence-corrected chi connectivity index (χ4v) is 1.33. The van der Waals surface area contributed by atoms with Crippen LogP contribution in [0.1, 0.15) is 19.8 Å². The minimum atomic E-state index is -0.213. The molecule has 0 saturated heterocycles. The Morgan fingerprint density at radius 1 is 1.47 bits per heavy atom. The number of hydrogen-bond acceptors (Lipinski definition) is 4. The zero-order valence-corrected chi connectivity index (χ0v) is 10.1. The topological polar surface area (TPSA) is 56.5 Å². The first-order chi connectivity index (χ1) is 7.11. The predicted molar refractivity (Wildman–Crippen MR) is 62.7 cm³/mol. The SMILES string of the molecule is C=CCCNC(C)(CN)CC(OC)OC. The summed E-state index contributed by atoms with van der Waals surface area (Å²) < 4.78 is 10.3. The molecule has 1 atom stereocenters. The monoisotopic (exact) mass is 216 g/mol. The largest absolute Gasteiger partial charge is 0.356 e. The summed E-state index contributed by atoms with van der Waals surface area (Å²) in [4.78, 5) is 0. The Kier molecular flexibility index (Phi) is 7.60. The predicted octanol–water partition coefficient (Wildman–Crippen LogP) is 0.879. The lowest BCUT2D eigenvalue weighted by Gasteiger charge is -2.32. The zero-order valence-electron chi connectivity index (χ0n) is 10.1. The Morgan fingerprint density at radius 2 is 2.07 bits per heavy atom. The molecule has 0 amide bonds. The molecule has 1 unspecified atom stereocenters. The van der Waals surface area contributed by atoms with Crippen LogP contribution in [-0.4, -0.2) is 39.1 Å². The Labute approximate surface area is 92.8 Å². The highest BCUT2D eigenvalue weighted by Gasteiger charge is 2.25. The number of nitrogens with one attached hydrogen (secondary N) is 1. The second-order valence-corrected chi connectivity index (χ2v) is 3.87. The molecule has 0 aliphatic heterocycles. The van der Waals surface area contributed by atoms with E-state index in [0.29, 0.717) is 6.54 Å². The molecular weight excluding hydrogens is 192 g/mol. The summed E-state index contributed by atoms with van der Waals surface area (Å²) in [7, 11) is 3.27. The second-order valence-electron chi connectivity index (χ2n) is 3.87. The van der Waals surface area contributed by atoms with Crippen LogP contribution < -0.4 is 11.1 Å². The summed E-state index contributed by atoms with van der Waals surface area (Å²) in [6.45, 7) is 7.17. The average Bonchev–Trinajstić information content (AvgIpc) is 2.26. The van der Waals surface area contributed by atoms with Gasteiger partial charge in [0.25, 0.3) is 0 Å². The average molecular weight is 216 g/mol. The van der Waals surface area contributed by atoms with Crippen LogP contribution in [0.3, 0.4) is 0 Å². The summed E-state index contributed by atoms with van der Waals surface area (Å²) in [5, 5.41) is 3.39. The van der Waals surface area contributed by atoms with Crippen molar-refractivity contribution < 1.29 is 9.47 Å². The highest BCUT2D eigenvalue weighted by Crippen LogP contribution is 2.13. The summed E-state index contributed by atoms with van der Waals surface area (Å²) in [6, 6.07) is 0. The maximum atomic E-state index is 5.75. The maximum absolute atomic E-state index is 5.75. The fourth-order valence-electron chi connectivity index (χ4n) is 1.33. The van der Waals surface area contributed by atoms with E-state index in [0.717, 1.165) is 19.4 Å². The number of rotatable bonds is 9. The van der Waals surface area contributed by atoms with Gasteiger partial charge in [-0.3, -0.25) is 0 Å². The van der Waals surface area contributed by atoms with Gasteiger partial charge in [0.15, 0.2) is 6.29 Å². The van der Waals surface area contributed by atoms with Crippen molar-refractivity contribution in [3.8, 4) is 0 Å². The van der Waals surface area contributed by atoms with Gasteiger partial charge in [-0.1, -0.05) is 6.08 Å². The molecule has 0 heterocycles. The molecule has 0 radical (unpaired) electrons. The van der Waals surface area contributed by atoms with Gasteiger partial charge < -0.3 is 20.5 Å². The summed E-state index contributed by atoms with van der Waals surface area (Å²) in [5.74, 6) is 0. The molecule has 3 N–H and O–H groups in total. The van der Waals surface area contributed by atoms with Gasteiger partial charge in [0.1, 0.15) is 0 Å². The second kappa shape index (κ2) is 7.82. The van der Waals surface area contributed by atoms with Gasteiger partial charge in [0.05, 0.1) is 0 Å². The van der Waals surface area contributed by atoms with E-state index in [-0.39, 0.29) is 11.8 Å². The smallest absolute Gasteiger partial charge is 0.158 e. The molecule has 0 fully saturated rings. The quantitative estimate of drug-likeness (QED) is 0.341. The van der Waals surface area contributed by atoms with Crippen LogP contribution in [0.25, 0.3) is 0 Å². The van der Waals surface area contributed by atoms with E-state index < -0.39 is 0 Å². The van der Waals surface area contributed by atoms with Crippen LogP contribution in [0.4, 0.5) is 0 Å². The summed E-state index contributed by atoms with van der Waals surface area (Å²) in [5.41, 5.74) is 5.59. The lowest BCUT2D eigenvalue weighted by Crippen LogP contribution is -2.51. The van der Waals surface area contributed by atoms with E-state index in [2.05, 4.69) is 18.8 Å². The van der Waals surface area contributed by atoms with Gasteiger partial charge in [-0.2, -0.15) is 0 Å². The molecule has 0 bridgehead atoms. The molecule has 4 heteroatoms. The molecule has 90 valence electrons. The van der Waals surface area contributed by atoms with Gasteiger partial charge in [-0.05, 0) is 19.9 Å². The van der Waals surface area contributed by atoms with Gasteiger partial charge in [-0.25, -0.2) is 0 Å². The molecule has 0 spiro atoms. The number of nitrogens with two attached hydrogens (primary N) is 1. The van der Waals surface area contributed by atoms with Crippen LogP contribution in [0, 0.1) is 0 Å². The Hall–Kier alpha value is -0.420. The van der Waals surface area contributed by atoms with Crippen molar-refractivity contribution in [3.05, 3.63) is 12.7 Å². The minimum Gasteiger partial charge on any atom is -0.356 e. The fraction of sp³-hybridized carbons (Fsp3) is 0.818. The van der Waals surface area contributed by atoms with Crippen molar-refractivity contribution in [1.29, 1.82) is 0 Å². The first kappa shape index (κ1) is 14.6. The van der Waals surface area contributed by atoms with Gasteiger partial charge in [-0.15, -0.1) is 6.58 Å². The van der Waals surface area contributed by atoms with Crippen LogP contribution in [0.2, 0.25) is 0 Å². The van der Waals surface area contributed by atoms with Crippen molar-refractivity contribution >= 4 is 0 Å². The van der Waals surface area contributed by atoms with Gasteiger partial charge in [0.2, 0.25) is 0 Å². The molecule has 0 aromatic heterocycles. The Morgan fingerprint density at radius 3 is 2.47 bits per heavy atom. The molecule has 0 aliphatic rings. The van der Waals surface area contributed by atoms with Crippen LogP contribution in [0.5, 0.6) is 0 Å². The summed E-state index contributed by atoms with van der Waals surface area (Å²) >= 11 is 0. The number of hydrogen-bond donors (Lipinski definition) is 2. The molecule has 0 aromatic rings. The van der Waals surface area contributed by atoms with Crippen molar-refractivity contribution in [2.45, 2.75) is 31.6 Å². The van der Waals surface area contributed by atoms with Gasteiger partial charge in [0, 0.05) is 32.7 Å². The third-order valence-electron chi connectivity index (χ3n) is 2.49. The third kappa shape index (κ3) is 5.89. The highest BCUT2D eigenvalue weighted by atomic mass is 16.7. The van der Waals surface area contributed by atoms with Crippen LogP contribution >= 0.6 is 0 Å². The van der Waals surface area contributed by atoms with Crippen molar-refractivity contribution in [2.24, 2.45) is 5.73 Å². The molecule has 0 aliphatic carbocycles. The molecule has 0 saturated carbocycles. The Bertz CT molecular complexity index is 172. The van der Waals surface area contributed by atoms with E-state index in [9.17, 15) is 0 Å². The van der Waals surface area contributed by atoms with Crippen molar-refractivity contribution in [2.75, 3.05) is 27.3 Å². The molecule has 0 aromatic carbocycles. The lowest BCUT2D eigenvalue weighted by molar-refractivity contribution is -0.117. The van der Waals surface area contributed by atoms with Gasteiger partial charge >= 0.3 is 0 Å². The van der Waals surface area contributed by atoms with E-state index in [1.165, 1.54) is 0 Å². The third-order valence-corrected chi connectivity index (χ3v) is 2.49. The van der Waals surface area contributed by atoms with E-state index in [1.807, 2.05) is 6.08 Å². The molecule has 0 rings (SSSR count). The van der Waals surface area contributed by atoms with Crippen LogP contribution in [0.15, 0.2) is 12.7 Å². The Balaban J connectivity index is 4.09. The lowest BCUT2D eigenvalue weighted by atomic mass is 9.97. The molecular formula is C11H24N2O2. The highest BCUT2D eigenvalue weighted by molar-refractivity contribution is 4.86. The number of methoxy groups -OCH3 is 2. The van der Waals surface area contributed by atoms with E-state index in [1.54, 1.807) is 14.2 Å². The maximum Gasteiger partial charge on any atom is 0.158 e. The van der Waals surface area contributed by atoms with E-state index in [4.69, 9.17) is 15.2 Å². The molecule has 4 nitrogen and oxygen atoms in total. The normalized spacial score (nSPS) is 15.3. The zero-order chi connectivity index (χ0) is 11.7. The summed E-state index contributed by atoms with van der Waals surface area (Å²) in [6.07, 6.45) is 3.33. The van der Waals surface area contributed by atoms with Crippen LogP contribution in [-0.2, 0) is 9.47 Å². The first-order valence-corrected chi connectivity index (χ1v) is 5.23.